The first-order chi connectivity index (χ1) is 11.3. The van der Waals surface area contributed by atoms with Crippen LogP contribution in [0.2, 0.25) is 0 Å². The van der Waals surface area contributed by atoms with E-state index >= 15 is 0 Å². The Labute approximate surface area is 134 Å². The summed E-state index contributed by atoms with van der Waals surface area (Å²) in [7, 11) is 1.59. The average Bonchev–Trinajstić information content (AvgIpc) is 2.63. The fourth-order valence-corrected chi connectivity index (χ4v) is 2.54. The predicted octanol–water partition coefficient (Wildman–Crippen LogP) is 1.84. The van der Waals surface area contributed by atoms with Crippen molar-refractivity contribution in [2.75, 3.05) is 43.5 Å². The first kappa shape index (κ1) is 15.1. The van der Waals surface area contributed by atoms with E-state index in [0.29, 0.717) is 24.5 Å². The molecule has 7 heteroatoms. The number of rotatable bonds is 3. The van der Waals surface area contributed by atoms with Crippen molar-refractivity contribution >= 4 is 17.5 Å². The van der Waals surface area contributed by atoms with E-state index < -0.39 is 0 Å². The molecule has 0 radical (unpaired) electrons. The summed E-state index contributed by atoms with van der Waals surface area (Å²) in [6.07, 6.45) is 5.07. The lowest BCUT2D eigenvalue weighted by atomic mass is 10.3. The highest BCUT2D eigenvalue weighted by Gasteiger charge is 2.22. The van der Waals surface area contributed by atoms with Gasteiger partial charge in [-0.25, -0.2) is 9.78 Å². The quantitative estimate of drug-likeness (QED) is 0.936. The minimum atomic E-state index is -0.117. The molecule has 0 saturated carbocycles. The summed E-state index contributed by atoms with van der Waals surface area (Å²) < 4.78 is 5.25. The second-order valence-corrected chi connectivity index (χ2v) is 5.17. The lowest BCUT2D eigenvalue weighted by molar-refractivity contribution is 0.208. The van der Waals surface area contributed by atoms with Crippen LogP contribution in [0.5, 0.6) is 5.75 Å². The molecule has 1 aliphatic heterocycles. The Morgan fingerprint density at radius 2 is 1.96 bits per heavy atom. The molecule has 2 aromatic rings. The van der Waals surface area contributed by atoms with Gasteiger partial charge in [0, 0.05) is 38.6 Å². The first-order valence-electron chi connectivity index (χ1n) is 7.48. The number of urea groups is 1. The van der Waals surface area contributed by atoms with Gasteiger partial charge < -0.3 is 19.9 Å². The second kappa shape index (κ2) is 6.95. The average molecular weight is 313 g/mol. The largest absolute Gasteiger partial charge is 0.495 e. The van der Waals surface area contributed by atoms with E-state index in [9.17, 15) is 4.79 Å². The van der Waals surface area contributed by atoms with Crippen molar-refractivity contribution in [1.29, 1.82) is 0 Å². The highest BCUT2D eigenvalue weighted by atomic mass is 16.5. The van der Waals surface area contributed by atoms with Gasteiger partial charge in [0.05, 0.1) is 19.0 Å². The number of hydrogen-bond donors (Lipinski definition) is 1. The molecule has 1 aromatic heterocycles. The number of anilines is 2. The topological polar surface area (TPSA) is 70.6 Å². The maximum atomic E-state index is 12.4. The highest BCUT2D eigenvalue weighted by molar-refractivity contribution is 5.91. The molecular formula is C16H19N5O2. The van der Waals surface area contributed by atoms with Crippen molar-refractivity contribution < 1.29 is 9.53 Å². The summed E-state index contributed by atoms with van der Waals surface area (Å²) >= 11 is 0. The number of carbonyl (C=O) groups excluding carboxylic acids is 1. The molecule has 0 atom stereocenters. The lowest BCUT2D eigenvalue weighted by Gasteiger charge is -2.35. The SMILES string of the molecule is COc1ccccc1NC(=O)N1CCN(c2cnccn2)CC1. The van der Waals surface area contributed by atoms with Gasteiger partial charge in [0.2, 0.25) is 0 Å². The third kappa shape index (κ3) is 3.50. The number of nitrogens with one attached hydrogen (secondary N) is 1. The summed E-state index contributed by atoms with van der Waals surface area (Å²) in [6.45, 7) is 2.74. The Morgan fingerprint density at radius 1 is 1.17 bits per heavy atom. The van der Waals surface area contributed by atoms with Crippen molar-refractivity contribution in [3.63, 3.8) is 0 Å². The smallest absolute Gasteiger partial charge is 0.322 e. The van der Waals surface area contributed by atoms with E-state index in [-0.39, 0.29) is 6.03 Å². The molecule has 1 fully saturated rings. The Hall–Kier alpha value is -2.83. The van der Waals surface area contributed by atoms with Crippen LogP contribution < -0.4 is 15.0 Å². The molecule has 2 amide bonds. The van der Waals surface area contributed by atoms with Gasteiger partial charge in [-0.3, -0.25) is 4.98 Å². The number of piperazine rings is 1. The zero-order valence-electron chi connectivity index (χ0n) is 13.0. The van der Waals surface area contributed by atoms with Gasteiger partial charge in [-0.1, -0.05) is 12.1 Å². The minimum absolute atomic E-state index is 0.117. The zero-order chi connectivity index (χ0) is 16.1. The van der Waals surface area contributed by atoms with Crippen molar-refractivity contribution in [1.82, 2.24) is 14.9 Å². The highest BCUT2D eigenvalue weighted by Crippen LogP contribution is 2.23. The monoisotopic (exact) mass is 313 g/mol. The van der Waals surface area contributed by atoms with Crippen LogP contribution in [0.15, 0.2) is 42.9 Å². The Bertz CT molecular complexity index is 657. The summed E-state index contributed by atoms with van der Waals surface area (Å²) in [5.74, 6) is 1.50. The third-order valence-corrected chi connectivity index (χ3v) is 3.79. The zero-order valence-corrected chi connectivity index (χ0v) is 13.0. The Balaban J connectivity index is 1.58. The van der Waals surface area contributed by atoms with Crippen LogP contribution in [0.1, 0.15) is 0 Å². The molecule has 120 valence electrons. The van der Waals surface area contributed by atoms with Gasteiger partial charge in [0.25, 0.3) is 0 Å². The van der Waals surface area contributed by atoms with Gasteiger partial charge in [-0.15, -0.1) is 0 Å². The number of benzene rings is 1. The fourth-order valence-electron chi connectivity index (χ4n) is 2.54. The molecule has 1 aromatic carbocycles. The molecular weight excluding hydrogens is 294 g/mol. The third-order valence-electron chi connectivity index (χ3n) is 3.79. The van der Waals surface area contributed by atoms with Crippen LogP contribution in [0.3, 0.4) is 0 Å². The molecule has 2 heterocycles. The molecule has 0 spiro atoms. The van der Waals surface area contributed by atoms with Crippen molar-refractivity contribution in [2.24, 2.45) is 0 Å². The van der Waals surface area contributed by atoms with Gasteiger partial charge in [-0.2, -0.15) is 0 Å². The summed E-state index contributed by atoms with van der Waals surface area (Å²) in [4.78, 5) is 24.7. The summed E-state index contributed by atoms with van der Waals surface area (Å²) in [5, 5.41) is 2.90. The number of carbonyl (C=O) groups is 1. The van der Waals surface area contributed by atoms with Gasteiger partial charge in [-0.05, 0) is 12.1 Å². The number of para-hydroxylation sites is 2. The molecule has 0 unspecified atom stereocenters. The van der Waals surface area contributed by atoms with Gasteiger partial charge >= 0.3 is 6.03 Å². The maximum absolute atomic E-state index is 12.4. The van der Waals surface area contributed by atoms with Crippen molar-refractivity contribution in [2.45, 2.75) is 0 Å². The summed E-state index contributed by atoms with van der Waals surface area (Å²) in [5.41, 5.74) is 0.677. The predicted molar refractivity (Wildman–Crippen MR) is 87.8 cm³/mol. The molecule has 23 heavy (non-hydrogen) atoms. The molecule has 1 N–H and O–H groups in total. The number of nitrogens with zero attached hydrogens (tertiary/aromatic N) is 4. The van der Waals surface area contributed by atoms with E-state index in [2.05, 4.69) is 20.2 Å². The van der Waals surface area contributed by atoms with Crippen LogP contribution >= 0.6 is 0 Å². The van der Waals surface area contributed by atoms with Crippen LogP contribution in [-0.2, 0) is 0 Å². The molecule has 3 rings (SSSR count). The van der Waals surface area contributed by atoms with Crippen LogP contribution in [-0.4, -0.2) is 54.2 Å². The standard InChI is InChI=1S/C16H19N5O2/c1-23-14-5-3-2-4-13(14)19-16(22)21-10-8-20(9-11-21)15-12-17-6-7-18-15/h2-7,12H,8-11H2,1H3,(H,19,22). The Morgan fingerprint density at radius 3 is 2.65 bits per heavy atom. The van der Waals surface area contributed by atoms with Gasteiger partial charge in [0.1, 0.15) is 11.6 Å². The van der Waals surface area contributed by atoms with E-state index in [0.717, 1.165) is 18.9 Å². The molecule has 7 nitrogen and oxygen atoms in total. The fraction of sp³-hybridized carbons (Fsp3) is 0.312. The minimum Gasteiger partial charge on any atom is -0.495 e. The molecule has 1 aliphatic rings. The maximum Gasteiger partial charge on any atom is 0.322 e. The van der Waals surface area contributed by atoms with Crippen LogP contribution in [0, 0.1) is 0 Å². The molecule has 0 aliphatic carbocycles. The van der Waals surface area contributed by atoms with Crippen molar-refractivity contribution in [3.8, 4) is 5.75 Å². The first-order valence-corrected chi connectivity index (χ1v) is 7.48. The van der Waals surface area contributed by atoms with E-state index in [4.69, 9.17) is 4.74 Å². The normalized spacial score (nSPS) is 14.5. The van der Waals surface area contributed by atoms with E-state index in [1.54, 1.807) is 30.6 Å². The number of methoxy groups -OCH3 is 1. The van der Waals surface area contributed by atoms with E-state index in [1.807, 2.05) is 24.3 Å². The second-order valence-electron chi connectivity index (χ2n) is 5.17. The summed E-state index contributed by atoms with van der Waals surface area (Å²) in [6, 6.07) is 7.26. The number of hydrogen-bond acceptors (Lipinski definition) is 5. The van der Waals surface area contributed by atoms with Gasteiger partial charge in [0.15, 0.2) is 0 Å². The number of amides is 2. The van der Waals surface area contributed by atoms with E-state index in [1.165, 1.54) is 0 Å². The molecule has 0 bridgehead atoms. The lowest BCUT2D eigenvalue weighted by Crippen LogP contribution is -2.50. The molecule has 1 saturated heterocycles. The number of aromatic nitrogens is 2. The van der Waals surface area contributed by atoms with Crippen molar-refractivity contribution in [3.05, 3.63) is 42.9 Å². The van der Waals surface area contributed by atoms with Crippen LogP contribution in [0.4, 0.5) is 16.3 Å². The van der Waals surface area contributed by atoms with Crippen LogP contribution in [0.25, 0.3) is 0 Å². The number of ether oxygens (including phenoxy) is 1. The Kier molecular flexibility index (Phi) is 4.56.